The molecule has 7 heteroatoms. The summed E-state index contributed by atoms with van der Waals surface area (Å²) in [5, 5.41) is 13.7. The number of aromatic nitrogens is 3. The van der Waals surface area contributed by atoms with E-state index in [4.69, 9.17) is 5.73 Å². The number of nitriles is 1. The van der Waals surface area contributed by atoms with Crippen LogP contribution in [0.3, 0.4) is 0 Å². The fourth-order valence-corrected chi connectivity index (χ4v) is 4.73. The monoisotopic (exact) mass is 384 g/mol. The Morgan fingerprint density at radius 3 is 2.97 bits per heavy atom. The van der Waals surface area contributed by atoms with Crippen LogP contribution in [0.4, 0.5) is 11.6 Å². The van der Waals surface area contributed by atoms with Gasteiger partial charge in [-0.1, -0.05) is 0 Å². The van der Waals surface area contributed by atoms with Crippen LogP contribution in [0, 0.1) is 41.9 Å². The van der Waals surface area contributed by atoms with Gasteiger partial charge in [0.05, 0.1) is 17.7 Å². The molecule has 3 aromatic rings. The Morgan fingerprint density at radius 2 is 2.17 bits per heavy atom. The summed E-state index contributed by atoms with van der Waals surface area (Å²) in [6.45, 7) is 2.00. The van der Waals surface area contributed by atoms with Crippen LogP contribution in [0.2, 0.25) is 0 Å². The molecule has 1 unspecified atom stereocenters. The van der Waals surface area contributed by atoms with E-state index in [1.807, 2.05) is 25.1 Å². The molecule has 7 nitrogen and oxygen atoms in total. The molecule has 2 aliphatic carbocycles. The number of nitrogens with zero attached hydrogens (tertiary/aromatic N) is 4. The number of fused-ring (bicyclic) bond motifs is 2. The molecule has 3 aromatic heterocycles. The van der Waals surface area contributed by atoms with Gasteiger partial charge in [-0.05, 0) is 60.7 Å². The smallest absolute Gasteiger partial charge is 0.229 e. The van der Waals surface area contributed by atoms with Crippen molar-refractivity contribution in [3.05, 3.63) is 42.4 Å². The number of hydrogen-bond donors (Lipinski definition) is 2. The topological polar surface area (TPSA) is 118 Å². The molecule has 3 heterocycles. The number of carbonyl (C=O) groups is 1. The van der Waals surface area contributed by atoms with Gasteiger partial charge in [0.25, 0.3) is 0 Å². The lowest BCUT2D eigenvalue weighted by atomic mass is 10.0. The third kappa shape index (κ3) is 2.88. The zero-order chi connectivity index (χ0) is 20.1. The summed E-state index contributed by atoms with van der Waals surface area (Å²) in [7, 11) is 0. The first-order valence-corrected chi connectivity index (χ1v) is 9.74. The van der Waals surface area contributed by atoms with Crippen LogP contribution >= 0.6 is 0 Å². The largest absolute Gasteiger partial charge is 0.383 e. The molecule has 0 saturated heterocycles. The van der Waals surface area contributed by atoms with E-state index in [1.54, 1.807) is 18.6 Å². The van der Waals surface area contributed by atoms with E-state index in [0.29, 0.717) is 17.6 Å². The van der Waals surface area contributed by atoms with Crippen molar-refractivity contribution in [2.45, 2.75) is 19.8 Å². The molecule has 3 N–H and O–H groups in total. The first-order valence-electron chi connectivity index (χ1n) is 9.74. The molecular weight excluding hydrogens is 364 g/mol. The van der Waals surface area contributed by atoms with Gasteiger partial charge in [-0.15, -0.1) is 0 Å². The minimum atomic E-state index is -0.0676. The fraction of sp³-hybridized carbons (Fsp3) is 0.318. The summed E-state index contributed by atoms with van der Waals surface area (Å²) in [6, 6.07) is 8.02. The van der Waals surface area contributed by atoms with Crippen molar-refractivity contribution >= 4 is 28.3 Å². The minimum Gasteiger partial charge on any atom is -0.383 e. The molecule has 29 heavy (non-hydrogen) atoms. The number of pyridine rings is 3. The molecular formula is C22H20N6O. The van der Waals surface area contributed by atoms with Gasteiger partial charge < -0.3 is 11.1 Å². The molecule has 0 aliphatic heterocycles. The lowest BCUT2D eigenvalue weighted by Gasteiger charge is -2.11. The van der Waals surface area contributed by atoms with Crippen molar-refractivity contribution in [1.29, 1.82) is 5.26 Å². The molecule has 1 amide bonds. The van der Waals surface area contributed by atoms with Crippen molar-refractivity contribution in [3.8, 4) is 17.3 Å². The van der Waals surface area contributed by atoms with Crippen LogP contribution < -0.4 is 11.1 Å². The van der Waals surface area contributed by atoms with Crippen molar-refractivity contribution in [3.63, 3.8) is 0 Å². The normalized spacial score (nSPS) is 24.7. The molecule has 144 valence electrons. The fourth-order valence-electron chi connectivity index (χ4n) is 4.73. The number of anilines is 2. The van der Waals surface area contributed by atoms with E-state index in [0.717, 1.165) is 40.4 Å². The summed E-state index contributed by atoms with van der Waals surface area (Å²) in [4.78, 5) is 25.7. The van der Waals surface area contributed by atoms with Crippen LogP contribution in [0.15, 0.2) is 36.8 Å². The van der Waals surface area contributed by atoms with Crippen LogP contribution in [0.25, 0.3) is 22.0 Å². The second kappa shape index (κ2) is 6.52. The Labute approximate surface area is 168 Å². The maximum atomic E-state index is 12.7. The number of rotatable bonds is 3. The van der Waals surface area contributed by atoms with E-state index in [9.17, 15) is 10.1 Å². The Bertz CT molecular complexity index is 1180. The highest BCUT2D eigenvalue weighted by Gasteiger charge is 2.61. The lowest BCUT2D eigenvalue weighted by molar-refractivity contribution is -0.118. The van der Waals surface area contributed by atoms with Gasteiger partial charge in [0.1, 0.15) is 11.6 Å². The molecule has 0 bridgehead atoms. The van der Waals surface area contributed by atoms with Gasteiger partial charge in [0, 0.05) is 35.5 Å². The van der Waals surface area contributed by atoms with Crippen molar-refractivity contribution in [1.82, 2.24) is 15.0 Å². The van der Waals surface area contributed by atoms with Crippen LogP contribution in [0.1, 0.15) is 18.4 Å². The van der Waals surface area contributed by atoms with E-state index in [2.05, 4.69) is 26.3 Å². The predicted octanol–water partition coefficient (Wildman–Crippen LogP) is 3.32. The molecule has 4 atom stereocenters. The molecule has 2 saturated carbocycles. The highest BCUT2D eigenvalue weighted by atomic mass is 16.2. The first kappa shape index (κ1) is 17.6. The molecule has 0 aromatic carbocycles. The average Bonchev–Trinajstić information content (AvgIpc) is 3.28. The zero-order valence-electron chi connectivity index (χ0n) is 16.0. The maximum absolute atomic E-state index is 12.7. The Kier molecular flexibility index (Phi) is 3.95. The first-order chi connectivity index (χ1) is 14.1. The summed E-state index contributed by atoms with van der Waals surface area (Å²) < 4.78 is 0. The number of amides is 1. The van der Waals surface area contributed by atoms with Crippen molar-refractivity contribution < 1.29 is 4.79 Å². The molecule has 0 radical (unpaired) electrons. The van der Waals surface area contributed by atoms with Gasteiger partial charge in [-0.3, -0.25) is 9.78 Å². The van der Waals surface area contributed by atoms with E-state index in [-0.39, 0.29) is 23.7 Å². The SMILES string of the molecule is Cc1ccncc1-c1cc2cc(NC(=O)[C@H]3[C@@H]4CCC(C#N)[C@@H]43)ncc2c(N)n1. The van der Waals surface area contributed by atoms with Gasteiger partial charge in [-0.25, -0.2) is 9.97 Å². The molecule has 5 rings (SSSR count). The third-order valence-electron chi connectivity index (χ3n) is 6.28. The second-order valence-corrected chi connectivity index (χ2v) is 7.94. The third-order valence-corrected chi connectivity index (χ3v) is 6.28. The average molecular weight is 384 g/mol. The van der Waals surface area contributed by atoms with Gasteiger partial charge >= 0.3 is 0 Å². The van der Waals surface area contributed by atoms with Gasteiger partial charge in [-0.2, -0.15) is 5.26 Å². The number of hydrogen-bond acceptors (Lipinski definition) is 6. The Morgan fingerprint density at radius 1 is 1.31 bits per heavy atom. The van der Waals surface area contributed by atoms with Crippen molar-refractivity contribution in [2.75, 3.05) is 11.1 Å². The van der Waals surface area contributed by atoms with E-state index < -0.39 is 0 Å². The molecule has 0 spiro atoms. The quantitative estimate of drug-likeness (QED) is 0.715. The van der Waals surface area contributed by atoms with Gasteiger partial charge in [0.2, 0.25) is 5.91 Å². The van der Waals surface area contributed by atoms with Gasteiger partial charge in [0.15, 0.2) is 0 Å². The van der Waals surface area contributed by atoms with E-state index >= 15 is 0 Å². The number of nitrogens with two attached hydrogens (primary N) is 1. The van der Waals surface area contributed by atoms with Crippen LogP contribution in [-0.4, -0.2) is 20.9 Å². The summed E-state index contributed by atoms with van der Waals surface area (Å²) in [6.07, 6.45) is 7.02. The van der Waals surface area contributed by atoms with Crippen LogP contribution in [-0.2, 0) is 4.79 Å². The number of nitrogens with one attached hydrogen (secondary N) is 1. The summed E-state index contributed by atoms with van der Waals surface area (Å²) in [5.41, 5.74) is 8.86. The Balaban J connectivity index is 1.44. The highest BCUT2D eigenvalue weighted by Crippen LogP contribution is 2.60. The summed E-state index contributed by atoms with van der Waals surface area (Å²) in [5.74, 6) is 1.33. The summed E-state index contributed by atoms with van der Waals surface area (Å²) >= 11 is 0. The van der Waals surface area contributed by atoms with E-state index in [1.165, 1.54) is 0 Å². The van der Waals surface area contributed by atoms with Crippen molar-refractivity contribution in [2.24, 2.45) is 23.7 Å². The standard InChI is InChI=1S/C22H20N6O/c1-11-4-5-25-9-15(11)17-6-13-7-18(26-10-16(13)21(24)27-17)28-22(29)20-14-3-2-12(8-23)19(14)20/h4-7,9-10,12,14,19-20H,2-3H2,1H3,(H2,24,27)(H,26,28,29)/t12?,14-,19+,20+/m1/s1. The highest BCUT2D eigenvalue weighted by molar-refractivity contribution is 5.98. The number of carbonyl (C=O) groups excluding carboxylic acids is 1. The predicted molar refractivity (Wildman–Crippen MR) is 109 cm³/mol. The minimum absolute atomic E-state index is 0.0106. The maximum Gasteiger partial charge on any atom is 0.229 e. The van der Waals surface area contributed by atoms with Crippen LogP contribution in [0.5, 0.6) is 0 Å². The Hall–Kier alpha value is -3.53. The number of aryl methyl sites for hydroxylation is 1. The molecule has 2 aliphatic rings. The zero-order valence-corrected chi connectivity index (χ0v) is 16.0. The molecule has 2 fully saturated rings. The lowest BCUT2D eigenvalue weighted by Crippen LogP contribution is -2.19. The second-order valence-electron chi connectivity index (χ2n) is 7.94. The number of nitrogen functional groups attached to an aromatic ring is 1.